The average molecular weight is 272 g/mol. The fourth-order valence-electron chi connectivity index (χ4n) is 2.30. The molecular weight excluding hydrogens is 260 g/mol. The molecule has 0 spiro atoms. The van der Waals surface area contributed by atoms with Gasteiger partial charge in [-0.25, -0.2) is 0 Å². The first kappa shape index (κ1) is 12.9. The second kappa shape index (κ2) is 5.93. The molecule has 100 valence electrons. The molecule has 3 aromatic heterocycles. The summed E-state index contributed by atoms with van der Waals surface area (Å²) in [6.07, 6.45) is 9.06. The Morgan fingerprint density at radius 3 is 2.05 bits per heavy atom. The number of nitriles is 1. The fraction of sp³-hybridized carbons (Fsp3) is 0.0588. The third-order valence-corrected chi connectivity index (χ3v) is 3.23. The van der Waals surface area contributed by atoms with Gasteiger partial charge in [0.1, 0.15) is 0 Å². The largest absolute Gasteiger partial charge is 0.265 e. The van der Waals surface area contributed by atoms with Crippen molar-refractivity contribution < 1.29 is 0 Å². The van der Waals surface area contributed by atoms with Crippen LogP contribution in [0.1, 0.15) is 5.56 Å². The van der Waals surface area contributed by atoms with Gasteiger partial charge in [0, 0.05) is 42.1 Å². The Balaban J connectivity index is 2.26. The van der Waals surface area contributed by atoms with Crippen molar-refractivity contribution in [3.05, 3.63) is 66.9 Å². The summed E-state index contributed by atoms with van der Waals surface area (Å²) in [6, 6.07) is 11.8. The predicted molar refractivity (Wildman–Crippen MR) is 80.0 cm³/mol. The van der Waals surface area contributed by atoms with E-state index >= 15 is 0 Å². The SMILES string of the molecule is N#CCc1ccnc(-c2ccncc2)c1-c1ccncc1. The van der Waals surface area contributed by atoms with Crippen molar-refractivity contribution in [2.24, 2.45) is 0 Å². The normalized spacial score (nSPS) is 10.0. The van der Waals surface area contributed by atoms with E-state index < -0.39 is 0 Å². The maximum Gasteiger partial charge on any atom is 0.0784 e. The topological polar surface area (TPSA) is 62.5 Å². The molecule has 0 fully saturated rings. The highest BCUT2D eigenvalue weighted by Gasteiger charge is 2.13. The molecule has 0 saturated heterocycles. The third kappa shape index (κ3) is 2.63. The van der Waals surface area contributed by atoms with Gasteiger partial charge < -0.3 is 0 Å². The second-order valence-corrected chi connectivity index (χ2v) is 4.50. The van der Waals surface area contributed by atoms with Crippen LogP contribution in [0.25, 0.3) is 22.4 Å². The molecule has 0 radical (unpaired) electrons. The van der Waals surface area contributed by atoms with Gasteiger partial charge in [-0.05, 0) is 41.5 Å². The van der Waals surface area contributed by atoms with Crippen LogP contribution in [0, 0.1) is 11.3 Å². The number of hydrogen-bond donors (Lipinski definition) is 0. The number of aromatic nitrogens is 3. The Bertz CT molecular complexity index is 777. The van der Waals surface area contributed by atoms with Crippen LogP contribution in [-0.2, 0) is 6.42 Å². The van der Waals surface area contributed by atoms with Crippen molar-refractivity contribution in [3.8, 4) is 28.5 Å². The summed E-state index contributed by atoms with van der Waals surface area (Å²) in [5, 5.41) is 9.06. The zero-order chi connectivity index (χ0) is 14.5. The van der Waals surface area contributed by atoms with Crippen LogP contribution in [0.2, 0.25) is 0 Å². The van der Waals surface area contributed by atoms with Gasteiger partial charge in [-0.1, -0.05) is 0 Å². The molecule has 0 aliphatic rings. The summed E-state index contributed by atoms with van der Waals surface area (Å²) < 4.78 is 0. The van der Waals surface area contributed by atoms with Crippen LogP contribution in [0.3, 0.4) is 0 Å². The van der Waals surface area contributed by atoms with E-state index in [2.05, 4.69) is 21.0 Å². The smallest absolute Gasteiger partial charge is 0.0784 e. The van der Waals surface area contributed by atoms with Gasteiger partial charge in [-0.3, -0.25) is 15.0 Å². The summed E-state index contributed by atoms with van der Waals surface area (Å²) in [4.78, 5) is 12.6. The van der Waals surface area contributed by atoms with E-state index in [0.717, 1.165) is 27.9 Å². The van der Waals surface area contributed by atoms with Crippen molar-refractivity contribution in [2.75, 3.05) is 0 Å². The molecule has 4 heteroatoms. The third-order valence-electron chi connectivity index (χ3n) is 3.23. The van der Waals surface area contributed by atoms with Crippen LogP contribution < -0.4 is 0 Å². The van der Waals surface area contributed by atoms with Crippen molar-refractivity contribution >= 4 is 0 Å². The highest BCUT2D eigenvalue weighted by atomic mass is 14.7. The minimum Gasteiger partial charge on any atom is -0.265 e. The van der Waals surface area contributed by atoms with Crippen LogP contribution in [-0.4, -0.2) is 15.0 Å². The van der Waals surface area contributed by atoms with Crippen LogP contribution >= 0.6 is 0 Å². The highest BCUT2D eigenvalue weighted by molar-refractivity contribution is 5.82. The minimum atomic E-state index is 0.345. The quantitative estimate of drug-likeness (QED) is 0.734. The average Bonchev–Trinajstić information content (AvgIpc) is 2.56. The molecular formula is C17H12N4. The van der Waals surface area contributed by atoms with E-state index in [1.54, 1.807) is 31.0 Å². The number of nitrogens with zero attached hydrogens (tertiary/aromatic N) is 4. The Morgan fingerprint density at radius 1 is 0.810 bits per heavy atom. The van der Waals surface area contributed by atoms with E-state index in [0.29, 0.717) is 6.42 Å². The number of hydrogen-bond acceptors (Lipinski definition) is 4. The van der Waals surface area contributed by atoms with E-state index in [1.807, 2.05) is 30.3 Å². The van der Waals surface area contributed by atoms with E-state index in [9.17, 15) is 0 Å². The van der Waals surface area contributed by atoms with Gasteiger partial charge in [0.05, 0.1) is 18.2 Å². The summed E-state index contributed by atoms with van der Waals surface area (Å²) in [5.74, 6) is 0. The molecule has 4 nitrogen and oxygen atoms in total. The monoisotopic (exact) mass is 272 g/mol. The fourth-order valence-corrected chi connectivity index (χ4v) is 2.30. The highest BCUT2D eigenvalue weighted by Crippen LogP contribution is 2.32. The van der Waals surface area contributed by atoms with Crippen molar-refractivity contribution in [1.29, 1.82) is 5.26 Å². The van der Waals surface area contributed by atoms with Crippen molar-refractivity contribution in [3.63, 3.8) is 0 Å². The van der Waals surface area contributed by atoms with Gasteiger partial charge in [-0.2, -0.15) is 5.26 Å². The van der Waals surface area contributed by atoms with Gasteiger partial charge in [0.2, 0.25) is 0 Å². The lowest BCUT2D eigenvalue weighted by atomic mass is 9.94. The first-order valence-corrected chi connectivity index (χ1v) is 6.56. The standard InChI is InChI=1S/C17H12N4/c18-7-1-13-6-12-21-17(15-4-10-20-11-5-15)16(13)14-2-8-19-9-3-14/h2-6,8-12H,1H2. The molecule has 21 heavy (non-hydrogen) atoms. The zero-order valence-electron chi connectivity index (χ0n) is 11.3. The van der Waals surface area contributed by atoms with Crippen molar-refractivity contribution in [2.45, 2.75) is 6.42 Å². The van der Waals surface area contributed by atoms with Crippen LogP contribution in [0.4, 0.5) is 0 Å². The van der Waals surface area contributed by atoms with E-state index in [1.165, 1.54) is 0 Å². The maximum atomic E-state index is 9.06. The molecule has 3 heterocycles. The molecule has 0 atom stereocenters. The lowest BCUT2D eigenvalue weighted by Crippen LogP contribution is -1.96. The maximum absolute atomic E-state index is 9.06. The predicted octanol–water partition coefficient (Wildman–Crippen LogP) is 3.27. The minimum absolute atomic E-state index is 0.345. The van der Waals surface area contributed by atoms with E-state index in [4.69, 9.17) is 5.26 Å². The van der Waals surface area contributed by atoms with Crippen LogP contribution in [0.15, 0.2) is 61.3 Å². The molecule has 0 aliphatic carbocycles. The van der Waals surface area contributed by atoms with Gasteiger partial charge in [0.15, 0.2) is 0 Å². The first-order valence-electron chi connectivity index (χ1n) is 6.56. The Labute approximate surface area is 122 Å². The molecule has 0 unspecified atom stereocenters. The molecule has 0 bridgehead atoms. The molecule has 0 amide bonds. The van der Waals surface area contributed by atoms with Crippen molar-refractivity contribution in [1.82, 2.24) is 15.0 Å². The van der Waals surface area contributed by atoms with Gasteiger partial charge in [0.25, 0.3) is 0 Å². The number of rotatable bonds is 3. The zero-order valence-corrected chi connectivity index (χ0v) is 11.3. The summed E-state index contributed by atoms with van der Waals surface area (Å²) in [7, 11) is 0. The first-order chi connectivity index (χ1) is 10.4. The lowest BCUT2D eigenvalue weighted by molar-refractivity contribution is 1.21. The molecule has 0 aliphatic heterocycles. The summed E-state index contributed by atoms with van der Waals surface area (Å²) in [6.45, 7) is 0. The Kier molecular flexibility index (Phi) is 3.66. The lowest BCUT2D eigenvalue weighted by Gasteiger charge is -2.12. The summed E-state index contributed by atoms with van der Waals surface area (Å²) >= 11 is 0. The molecule has 0 saturated carbocycles. The Hall–Kier alpha value is -3.06. The second-order valence-electron chi connectivity index (χ2n) is 4.50. The van der Waals surface area contributed by atoms with Crippen LogP contribution in [0.5, 0.6) is 0 Å². The molecule has 3 rings (SSSR count). The molecule has 3 aromatic rings. The Morgan fingerprint density at radius 2 is 1.43 bits per heavy atom. The molecule has 0 N–H and O–H groups in total. The van der Waals surface area contributed by atoms with Gasteiger partial charge >= 0.3 is 0 Å². The van der Waals surface area contributed by atoms with E-state index in [-0.39, 0.29) is 0 Å². The number of pyridine rings is 3. The molecule has 0 aromatic carbocycles. The van der Waals surface area contributed by atoms with Gasteiger partial charge in [-0.15, -0.1) is 0 Å². The summed E-state index contributed by atoms with van der Waals surface area (Å²) in [5.41, 5.74) is 4.79.